The van der Waals surface area contributed by atoms with Gasteiger partial charge in [0.1, 0.15) is 0 Å². The predicted octanol–water partition coefficient (Wildman–Crippen LogP) is 1.54. The zero-order valence-corrected chi connectivity index (χ0v) is 8.50. The number of aliphatic hydroxyl groups is 1. The number of nitrogens with one attached hydrogen (secondary N) is 1. The molecule has 0 bridgehead atoms. The summed E-state index contributed by atoms with van der Waals surface area (Å²) < 4.78 is 0. The van der Waals surface area contributed by atoms with Crippen molar-refractivity contribution in [1.82, 2.24) is 0 Å². The van der Waals surface area contributed by atoms with Crippen molar-refractivity contribution < 1.29 is 5.11 Å². The number of anilines is 1. The van der Waals surface area contributed by atoms with E-state index in [0.29, 0.717) is 5.17 Å². The smallest absolute Gasteiger partial charge is 0.161 e. The number of nitrogens with zero attached hydrogens (tertiary/aromatic N) is 1. The van der Waals surface area contributed by atoms with E-state index in [9.17, 15) is 0 Å². The largest absolute Gasteiger partial charge is 0.394 e. The first-order valence-electron chi connectivity index (χ1n) is 4.49. The van der Waals surface area contributed by atoms with Crippen molar-refractivity contribution in [3.8, 4) is 0 Å². The molecule has 4 heteroatoms. The summed E-state index contributed by atoms with van der Waals surface area (Å²) in [5, 5.41) is 17.4. The van der Waals surface area contributed by atoms with Crippen LogP contribution in [0.2, 0.25) is 0 Å². The van der Waals surface area contributed by atoms with Crippen molar-refractivity contribution in [2.24, 2.45) is 0 Å². The summed E-state index contributed by atoms with van der Waals surface area (Å²) in [6.45, 7) is 0.101. The zero-order valence-electron chi connectivity index (χ0n) is 7.68. The van der Waals surface area contributed by atoms with Crippen LogP contribution in [0.1, 0.15) is 0 Å². The maximum absolute atomic E-state index is 9.16. The molecule has 1 unspecified atom stereocenters. The second-order valence-electron chi connectivity index (χ2n) is 3.16. The molecule has 2 rings (SSSR count). The number of hydrogen-bond acceptors (Lipinski definition) is 3. The molecule has 0 spiro atoms. The first-order valence-corrected chi connectivity index (χ1v) is 5.48. The molecule has 1 heterocycles. The lowest BCUT2D eigenvalue weighted by molar-refractivity contribution is 0.277. The van der Waals surface area contributed by atoms with Gasteiger partial charge in [-0.3, -0.25) is 5.41 Å². The number of hydrogen-bond donors (Lipinski definition) is 2. The molecule has 14 heavy (non-hydrogen) atoms. The lowest BCUT2D eigenvalue weighted by Gasteiger charge is -2.23. The molecular weight excluding hydrogens is 196 g/mol. The summed E-state index contributed by atoms with van der Waals surface area (Å²) in [4.78, 5) is 1.88. The van der Waals surface area contributed by atoms with Crippen molar-refractivity contribution in [2.75, 3.05) is 17.3 Å². The first kappa shape index (κ1) is 9.55. The summed E-state index contributed by atoms with van der Waals surface area (Å²) in [5.74, 6) is 0.796. The van der Waals surface area contributed by atoms with E-state index in [2.05, 4.69) is 0 Å². The van der Waals surface area contributed by atoms with E-state index in [1.54, 1.807) is 0 Å². The molecule has 0 saturated carbocycles. The molecule has 1 aliphatic rings. The predicted molar refractivity (Wildman–Crippen MR) is 60.0 cm³/mol. The molecule has 1 aliphatic heterocycles. The molecule has 74 valence electrons. The third-order valence-corrected chi connectivity index (χ3v) is 3.26. The third kappa shape index (κ3) is 1.63. The number of thioether (sulfide) groups is 1. The van der Waals surface area contributed by atoms with Crippen molar-refractivity contribution in [3.05, 3.63) is 30.3 Å². The van der Waals surface area contributed by atoms with Gasteiger partial charge >= 0.3 is 0 Å². The van der Waals surface area contributed by atoms with Crippen LogP contribution >= 0.6 is 11.8 Å². The van der Waals surface area contributed by atoms with Gasteiger partial charge in [-0.2, -0.15) is 0 Å². The molecule has 0 aromatic heterocycles. The van der Waals surface area contributed by atoms with Gasteiger partial charge in [-0.1, -0.05) is 30.0 Å². The number of amidine groups is 1. The summed E-state index contributed by atoms with van der Waals surface area (Å²) in [7, 11) is 0. The summed E-state index contributed by atoms with van der Waals surface area (Å²) in [5.41, 5.74) is 0.988. The van der Waals surface area contributed by atoms with Crippen LogP contribution in [0.15, 0.2) is 30.3 Å². The van der Waals surface area contributed by atoms with Gasteiger partial charge in [-0.25, -0.2) is 0 Å². The van der Waals surface area contributed by atoms with Crippen molar-refractivity contribution in [1.29, 1.82) is 5.41 Å². The highest BCUT2D eigenvalue weighted by atomic mass is 32.2. The van der Waals surface area contributed by atoms with Gasteiger partial charge in [0.05, 0.1) is 12.6 Å². The minimum Gasteiger partial charge on any atom is -0.394 e. The van der Waals surface area contributed by atoms with E-state index in [-0.39, 0.29) is 12.6 Å². The minimum atomic E-state index is 0.0508. The molecule has 1 saturated heterocycles. The summed E-state index contributed by atoms with van der Waals surface area (Å²) in [6.07, 6.45) is 0. The fraction of sp³-hybridized carbons (Fsp3) is 0.300. The van der Waals surface area contributed by atoms with E-state index in [0.717, 1.165) is 11.4 Å². The van der Waals surface area contributed by atoms with Crippen molar-refractivity contribution in [2.45, 2.75) is 6.04 Å². The third-order valence-electron chi connectivity index (χ3n) is 2.24. The van der Waals surface area contributed by atoms with Gasteiger partial charge in [0.2, 0.25) is 0 Å². The van der Waals surface area contributed by atoms with Crippen LogP contribution in [0.3, 0.4) is 0 Å². The van der Waals surface area contributed by atoms with Gasteiger partial charge in [0.25, 0.3) is 0 Å². The average Bonchev–Trinajstić information content (AvgIpc) is 2.61. The quantitative estimate of drug-likeness (QED) is 0.775. The number of rotatable bonds is 2. The van der Waals surface area contributed by atoms with Crippen molar-refractivity contribution in [3.63, 3.8) is 0 Å². The highest BCUT2D eigenvalue weighted by Crippen LogP contribution is 2.28. The van der Waals surface area contributed by atoms with Crippen LogP contribution in [0, 0.1) is 5.41 Å². The highest BCUT2D eigenvalue weighted by molar-refractivity contribution is 8.14. The Kier molecular flexibility index (Phi) is 2.74. The Morgan fingerprint density at radius 2 is 2.14 bits per heavy atom. The van der Waals surface area contributed by atoms with Crippen LogP contribution in [0.25, 0.3) is 0 Å². The van der Waals surface area contributed by atoms with Crippen molar-refractivity contribution >= 4 is 22.6 Å². The Hall–Kier alpha value is -1.00. The second kappa shape index (κ2) is 4.02. The maximum atomic E-state index is 9.16. The van der Waals surface area contributed by atoms with Gasteiger partial charge in [0, 0.05) is 11.4 Å². The van der Waals surface area contributed by atoms with Gasteiger partial charge in [0.15, 0.2) is 5.17 Å². The molecule has 1 aromatic carbocycles. The Morgan fingerprint density at radius 1 is 1.43 bits per heavy atom. The van der Waals surface area contributed by atoms with E-state index in [4.69, 9.17) is 10.5 Å². The summed E-state index contributed by atoms with van der Waals surface area (Å²) in [6, 6.07) is 9.81. The van der Waals surface area contributed by atoms with E-state index >= 15 is 0 Å². The Morgan fingerprint density at radius 3 is 2.79 bits per heavy atom. The molecule has 3 nitrogen and oxygen atoms in total. The Bertz CT molecular complexity index is 328. The van der Waals surface area contributed by atoms with Gasteiger partial charge in [-0.15, -0.1) is 0 Å². The van der Waals surface area contributed by atoms with E-state index in [1.807, 2.05) is 35.2 Å². The minimum absolute atomic E-state index is 0.0508. The van der Waals surface area contributed by atoms with Crippen LogP contribution in [0.4, 0.5) is 5.69 Å². The molecular formula is C10H12N2OS. The lowest BCUT2D eigenvalue weighted by atomic mass is 10.2. The number of para-hydroxylation sites is 1. The molecule has 0 aliphatic carbocycles. The maximum Gasteiger partial charge on any atom is 0.161 e. The molecule has 2 N–H and O–H groups in total. The van der Waals surface area contributed by atoms with Gasteiger partial charge < -0.3 is 10.0 Å². The average molecular weight is 208 g/mol. The highest BCUT2D eigenvalue weighted by Gasteiger charge is 2.29. The monoisotopic (exact) mass is 208 g/mol. The molecule has 1 atom stereocenters. The van der Waals surface area contributed by atoms with E-state index in [1.165, 1.54) is 11.8 Å². The Balaban J connectivity index is 2.28. The SMILES string of the molecule is N=C1SCC(CO)N1c1ccccc1. The topological polar surface area (TPSA) is 47.3 Å². The van der Waals surface area contributed by atoms with Crippen LogP contribution in [0.5, 0.6) is 0 Å². The fourth-order valence-corrected chi connectivity index (χ4v) is 2.53. The standard InChI is InChI=1S/C10H12N2OS/c11-10-12(9(6-13)7-14-10)8-4-2-1-3-5-8/h1-5,9,11,13H,6-7H2. The summed E-state index contributed by atoms with van der Waals surface area (Å²) >= 11 is 1.48. The van der Waals surface area contributed by atoms with Crippen LogP contribution in [-0.2, 0) is 0 Å². The first-order chi connectivity index (χ1) is 6.83. The van der Waals surface area contributed by atoms with Crippen LogP contribution in [-0.4, -0.2) is 28.7 Å². The number of aliphatic hydroxyl groups excluding tert-OH is 1. The Labute approximate surface area is 87.2 Å². The van der Waals surface area contributed by atoms with Crippen LogP contribution < -0.4 is 4.90 Å². The molecule has 0 radical (unpaired) electrons. The van der Waals surface area contributed by atoms with E-state index < -0.39 is 0 Å². The van der Waals surface area contributed by atoms with Gasteiger partial charge in [-0.05, 0) is 12.1 Å². The second-order valence-corrected chi connectivity index (χ2v) is 4.17. The lowest BCUT2D eigenvalue weighted by Crippen LogP contribution is -2.36. The zero-order chi connectivity index (χ0) is 9.97. The fourth-order valence-electron chi connectivity index (χ4n) is 1.54. The molecule has 1 fully saturated rings. The normalized spacial score (nSPS) is 21.6. The molecule has 0 amide bonds. The number of benzene rings is 1. The molecule has 1 aromatic rings.